The molecule has 2 atom stereocenters. The minimum Gasteiger partial charge on any atom is -0.305 e. The molecule has 3 rings (SSSR count). The Morgan fingerprint density at radius 3 is 2.95 bits per heavy atom. The zero-order valence-corrected chi connectivity index (χ0v) is 12.4. The SMILES string of the molecule is CN1CCCC(NN(c2cnn(C3CC3)c2)S(=O)O)C1. The van der Waals surface area contributed by atoms with Crippen molar-refractivity contribution in [3.05, 3.63) is 12.4 Å². The highest BCUT2D eigenvalue weighted by molar-refractivity contribution is 7.80. The molecule has 1 aromatic rings. The number of hydrazine groups is 1. The third kappa shape index (κ3) is 3.20. The lowest BCUT2D eigenvalue weighted by Gasteiger charge is -2.33. The van der Waals surface area contributed by atoms with Gasteiger partial charge in [0.2, 0.25) is 0 Å². The summed E-state index contributed by atoms with van der Waals surface area (Å²) in [4.78, 5) is 2.23. The van der Waals surface area contributed by atoms with Crippen molar-refractivity contribution in [1.29, 1.82) is 0 Å². The maximum atomic E-state index is 11.6. The molecule has 0 spiro atoms. The second-order valence-electron chi connectivity index (χ2n) is 5.67. The molecule has 1 saturated heterocycles. The molecule has 20 heavy (non-hydrogen) atoms. The van der Waals surface area contributed by atoms with Crippen LogP contribution in [0.1, 0.15) is 31.7 Å². The fourth-order valence-corrected chi connectivity index (χ4v) is 3.13. The van der Waals surface area contributed by atoms with Gasteiger partial charge in [-0.15, -0.1) is 0 Å². The van der Waals surface area contributed by atoms with E-state index < -0.39 is 11.3 Å². The predicted octanol–water partition coefficient (Wildman–Crippen LogP) is 0.760. The molecule has 2 heterocycles. The summed E-state index contributed by atoms with van der Waals surface area (Å²) in [7, 11) is 2.07. The molecule has 2 unspecified atom stereocenters. The fraction of sp³-hybridized carbons (Fsp3) is 0.750. The van der Waals surface area contributed by atoms with Gasteiger partial charge in [0.05, 0.1) is 18.4 Å². The summed E-state index contributed by atoms with van der Waals surface area (Å²) in [6, 6.07) is 0.660. The van der Waals surface area contributed by atoms with E-state index in [1.165, 1.54) is 4.41 Å². The van der Waals surface area contributed by atoms with Crippen molar-refractivity contribution >= 4 is 17.0 Å². The van der Waals surface area contributed by atoms with Crippen molar-refractivity contribution < 1.29 is 8.76 Å². The fourth-order valence-electron chi connectivity index (χ4n) is 2.62. The first-order valence-electron chi connectivity index (χ1n) is 7.03. The Bertz CT molecular complexity index is 490. The van der Waals surface area contributed by atoms with E-state index in [-0.39, 0.29) is 6.04 Å². The average molecular weight is 299 g/mol. The Balaban J connectivity index is 1.69. The van der Waals surface area contributed by atoms with Crippen molar-refractivity contribution in [3.63, 3.8) is 0 Å². The number of rotatable bonds is 5. The summed E-state index contributed by atoms with van der Waals surface area (Å²) in [5.41, 5.74) is 3.81. The first kappa shape index (κ1) is 14.0. The van der Waals surface area contributed by atoms with Gasteiger partial charge in [-0.1, -0.05) is 0 Å². The average Bonchev–Trinajstić information content (AvgIpc) is 3.14. The number of nitrogens with zero attached hydrogens (tertiary/aromatic N) is 4. The van der Waals surface area contributed by atoms with Gasteiger partial charge in [-0.05, 0) is 39.3 Å². The van der Waals surface area contributed by atoms with Gasteiger partial charge in [0.15, 0.2) is 0 Å². The zero-order chi connectivity index (χ0) is 14.1. The summed E-state index contributed by atoms with van der Waals surface area (Å²) in [6.45, 7) is 1.96. The van der Waals surface area contributed by atoms with Gasteiger partial charge in [0.25, 0.3) is 11.3 Å². The Kier molecular flexibility index (Phi) is 4.06. The lowest BCUT2D eigenvalue weighted by atomic mass is 10.1. The number of piperidine rings is 1. The highest BCUT2D eigenvalue weighted by atomic mass is 32.2. The third-order valence-electron chi connectivity index (χ3n) is 3.82. The van der Waals surface area contributed by atoms with Gasteiger partial charge < -0.3 is 4.90 Å². The van der Waals surface area contributed by atoms with Crippen LogP contribution >= 0.6 is 0 Å². The molecule has 0 amide bonds. The highest BCUT2D eigenvalue weighted by Crippen LogP contribution is 2.35. The van der Waals surface area contributed by atoms with E-state index in [2.05, 4.69) is 22.5 Å². The van der Waals surface area contributed by atoms with Crippen molar-refractivity contribution in [2.75, 3.05) is 24.6 Å². The van der Waals surface area contributed by atoms with Gasteiger partial charge in [-0.25, -0.2) is 9.63 Å². The quantitative estimate of drug-likeness (QED) is 0.620. The van der Waals surface area contributed by atoms with Crippen LogP contribution in [0.25, 0.3) is 0 Å². The van der Waals surface area contributed by atoms with Gasteiger partial charge in [-0.2, -0.15) is 9.51 Å². The minimum atomic E-state index is -2.10. The highest BCUT2D eigenvalue weighted by Gasteiger charge is 2.27. The van der Waals surface area contributed by atoms with E-state index in [1.807, 2.05) is 10.9 Å². The van der Waals surface area contributed by atoms with Crippen LogP contribution in [0.3, 0.4) is 0 Å². The van der Waals surface area contributed by atoms with Crippen LogP contribution in [0, 0.1) is 0 Å². The topological polar surface area (TPSA) is 73.6 Å². The molecule has 7 nitrogen and oxygen atoms in total. The molecule has 0 bridgehead atoms. The van der Waals surface area contributed by atoms with Crippen LogP contribution in [-0.4, -0.2) is 49.6 Å². The number of anilines is 1. The van der Waals surface area contributed by atoms with Crippen molar-refractivity contribution in [2.24, 2.45) is 0 Å². The Hall–Kier alpha value is -0.960. The van der Waals surface area contributed by atoms with E-state index >= 15 is 0 Å². The van der Waals surface area contributed by atoms with Crippen molar-refractivity contribution in [1.82, 2.24) is 20.1 Å². The van der Waals surface area contributed by atoms with Crippen LogP contribution in [0.4, 0.5) is 5.69 Å². The van der Waals surface area contributed by atoms with E-state index in [4.69, 9.17) is 0 Å². The predicted molar refractivity (Wildman–Crippen MR) is 77.4 cm³/mol. The normalized spacial score (nSPS) is 25.6. The van der Waals surface area contributed by atoms with Crippen LogP contribution < -0.4 is 9.84 Å². The molecule has 2 N–H and O–H groups in total. The molecule has 112 valence electrons. The standard InChI is InChI=1S/C12H21N5O2S/c1-15-6-2-3-10(8-15)14-17(20(18)19)12-7-13-16(9-12)11-4-5-11/h7,9-11,14H,2-6,8H2,1H3,(H,18,19). The molecule has 0 radical (unpaired) electrons. The molecular formula is C12H21N5O2S. The Morgan fingerprint density at radius 1 is 1.50 bits per heavy atom. The number of hydrogen-bond acceptors (Lipinski definition) is 4. The third-order valence-corrected chi connectivity index (χ3v) is 4.45. The number of nitrogens with one attached hydrogen (secondary N) is 1. The summed E-state index contributed by atoms with van der Waals surface area (Å²) in [5, 5.41) is 4.27. The van der Waals surface area contributed by atoms with Crippen molar-refractivity contribution in [3.8, 4) is 0 Å². The first-order valence-corrected chi connectivity index (χ1v) is 8.10. The lowest BCUT2D eigenvalue weighted by Crippen LogP contribution is -2.52. The van der Waals surface area contributed by atoms with E-state index in [0.29, 0.717) is 11.7 Å². The number of likely N-dealkylation sites (N-methyl/N-ethyl adjacent to an activating group) is 1. The van der Waals surface area contributed by atoms with Crippen molar-refractivity contribution in [2.45, 2.75) is 37.8 Å². The minimum absolute atomic E-state index is 0.189. The zero-order valence-electron chi connectivity index (χ0n) is 11.6. The van der Waals surface area contributed by atoms with E-state index in [9.17, 15) is 8.76 Å². The molecule has 1 aromatic heterocycles. The molecule has 2 fully saturated rings. The largest absolute Gasteiger partial charge is 0.305 e. The summed E-state index contributed by atoms with van der Waals surface area (Å²) in [5.74, 6) is 0. The number of hydrogen-bond donors (Lipinski definition) is 2. The van der Waals surface area contributed by atoms with Crippen LogP contribution in [-0.2, 0) is 11.3 Å². The maximum absolute atomic E-state index is 11.6. The van der Waals surface area contributed by atoms with Gasteiger partial charge in [-0.3, -0.25) is 9.23 Å². The van der Waals surface area contributed by atoms with E-state index in [0.717, 1.165) is 38.8 Å². The summed E-state index contributed by atoms with van der Waals surface area (Å²) >= 11 is -2.10. The van der Waals surface area contributed by atoms with Gasteiger partial charge in [0, 0.05) is 12.6 Å². The first-order chi connectivity index (χ1) is 9.63. The molecule has 2 aliphatic rings. The Morgan fingerprint density at radius 2 is 2.30 bits per heavy atom. The molecular weight excluding hydrogens is 278 g/mol. The van der Waals surface area contributed by atoms with Crippen LogP contribution in [0.15, 0.2) is 12.4 Å². The van der Waals surface area contributed by atoms with E-state index in [1.54, 1.807) is 6.20 Å². The second-order valence-corrected chi connectivity index (χ2v) is 6.49. The molecule has 8 heteroatoms. The molecule has 1 aliphatic heterocycles. The monoisotopic (exact) mass is 299 g/mol. The smallest absolute Gasteiger partial charge is 0.276 e. The maximum Gasteiger partial charge on any atom is 0.276 e. The molecule has 1 aliphatic carbocycles. The number of aromatic nitrogens is 2. The summed E-state index contributed by atoms with van der Waals surface area (Å²) < 4.78 is 24.3. The van der Waals surface area contributed by atoms with Crippen LogP contribution in [0.5, 0.6) is 0 Å². The summed E-state index contributed by atoms with van der Waals surface area (Å²) in [6.07, 6.45) is 7.88. The van der Waals surface area contributed by atoms with Crippen LogP contribution in [0.2, 0.25) is 0 Å². The Labute approximate surface area is 121 Å². The molecule has 1 saturated carbocycles. The lowest BCUT2D eigenvalue weighted by molar-refractivity contribution is 0.229. The second kappa shape index (κ2) is 5.80. The molecule has 0 aromatic carbocycles. The van der Waals surface area contributed by atoms with Gasteiger partial charge in [0.1, 0.15) is 5.69 Å². The van der Waals surface area contributed by atoms with Gasteiger partial charge >= 0.3 is 0 Å². The number of likely N-dealkylation sites (tertiary alicyclic amines) is 1.